The van der Waals surface area contributed by atoms with Gasteiger partial charge in [0.2, 0.25) is 0 Å². The first-order valence-electron chi connectivity index (χ1n) is 17.6. The number of aliphatic hydroxyl groups excluding tert-OH is 1. The number of unbranched alkanes of at least 4 members (excludes halogenated alkanes) is 1. The van der Waals surface area contributed by atoms with Crippen LogP contribution < -0.4 is 0 Å². The monoisotopic (exact) mass is 632 g/mol. The maximum atomic E-state index is 11.9. The zero-order valence-corrected chi connectivity index (χ0v) is 28.4. The van der Waals surface area contributed by atoms with Gasteiger partial charge in [0, 0.05) is 13.0 Å². The van der Waals surface area contributed by atoms with Crippen molar-refractivity contribution < 1.29 is 19.4 Å². The van der Waals surface area contributed by atoms with E-state index in [1.54, 1.807) is 7.11 Å². The molecule has 0 bridgehead atoms. The Bertz CT molecular complexity index is 1580. The van der Waals surface area contributed by atoms with E-state index in [0.29, 0.717) is 25.0 Å². The minimum Gasteiger partial charge on any atom is -0.462 e. The molecule has 0 radical (unpaired) electrons. The fourth-order valence-electron chi connectivity index (χ4n) is 7.10. The number of hydrogen-bond donors (Lipinski definition) is 1. The lowest BCUT2D eigenvalue weighted by atomic mass is 9.75. The number of carbonyl (C=O) groups excluding carboxylic acids is 1. The fourth-order valence-corrected chi connectivity index (χ4v) is 7.10. The Kier molecular flexibility index (Phi) is 12.8. The summed E-state index contributed by atoms with van der Waals surface area (Å²) >= 11 is 0. The Morgan fingerprint density at radius 1 is 0.787 bits per heavy atom. The molecule has 0 spiro atoms. The third kappa shape index (κ3) is 9.89. The standard InChI is InChI=1S/C43H52O4/c1-4-5-6-32-9-16-37(17-10-32)38-18-11-33(12-19-38)7-8-35-15-22-42-27-41(24-23-40(42)26-35)39-20-13-34(14-21-39)25-36(29-46-3)30-47-43(45)31(2)28-44/h9-12,15-19,22-24,26-27,34,36,39,44H,2,4-8,13-14,20-21,25,28-30H2,1,3H3. The summed E-state index contributed by atoms with van der Waals surface area (Å²) in [7, 11) is 1.69. The summed E-state index contributed by atoms with van der Waals surface area (Å²) < 4.78 is 10.8. The molecule has 4 aromatic rings. The fraction of sp³-hybridized carbons (Fsp3) is 0.419. The first-order valence-corrected chi connectivity index (χ1v) is 17.6. The lowest BCUT2D eigenvalue weighted by Crippen LogP contribution is -2.24. The van der Waals surface area contributed by atoms with Crippen molar-refractivity contribution in [1.29, 1.82) is 0 Å². The molecule has 4 heteroatoms. The Labute approximate surface area is 281 Å². The van der Waals surface area contributed by atoms with Crippen LogP contribution in [0.3, 0.4) is 0 Å². The van der Waals surface area contributed by atoms with E-state index in [1.165, 1.54) is 82.7 Å². The van der Waals surface area contributed by atoms with E-state index in [4.69, 9.17) is 14.6 Å². The quantitative estimate of drug-likeness (QED) is 0.0987. The molecule has 1 atom stereocenters. The molecule has 4 nitrogen and oxygen atoms in total. The molecular formula is C43H52O4. The highest BCUT2D eigenvalue weighted by molar-refractivity contribution is 5.88. The van der Waals surface area contributed by atoms with Crippen LogP contribution in [0.5, 0.6) is 0 Å². The molecule has 0 saturated heterocycles. The number of hydrogen-bond acceptors (Lipinski definition) is 4. The van der Waals surface area contributed by atoms with E-state index in [1.807, 2.05) is 0 Å². The lowest BCUT2D eigenvalue weighted by molar-refractivity contribution is -0.141. The summed E-state index contributed by atoms with van der Waals surface area (Å²) in [6.45, 7) is 6.29. The van der Waals surface area contributed by atoms with Gasteiger partial charge in [-0.05, 0) is 114 Å². The number of ether oxygens (including phenoxy) is 2. The number of methoxy groups -OCH3 is 1. The largest absolute Gasteiger partial charge is 0.462 e. The van der Waals surface area contributed by atoms with Crippen molar-refractivity contribution >= 4 is 16.7 Å². The minimum absolute atomic E-state index is 0.0918. The van der Waals surface area contributed by atoms with Crippen LogP contribution in [0, 0.1) is 11.8 Å². The van der Waals surface area contributed by atoms with Crippen LogP contribution >= 0.6 is 0 Å². The molecular weight excluding hydrogens is 580 g/mol. The van der Waals surface area contributed by atoms with Crippen molar-refractivity contribution in [2.75, 3.05) is 26.9 Å². The first-order chi connectivity index (χ1) is 22.9. The van der Waals surface area contributed by atoms with Gasteiger partial charge in [-0.1, -0.05) is 105 Å². The highest BCUT2D eigenvalue weighted by Crippen LogP contribution is 2.39. The molecule has 1 saturated carbocycles. The van der Waals surface area contributed by atoms with Crippen molar-refractivity contribution in [3.05, 3.63) is 119 Å². The second-order valence-electron chi connectivity index (χ2n) is 13.6. The van der Waals surface area contributed by atoms with Crippen molar-refractivity contribution in [3.8, 4) is 11.1 Å². The van der Waals surface area contributed by atoms with Crippen molar-refractivity contribution in [2.24, 2.45) is 11.8 Å². The summed E-state index contributed by atoms with van der Waals surface area (Å²) in [5.74, 6) is 0.825. The average Bonchev–Trinajstić information content (AvgIpc) is 3.12. The van der Waals surface area contributed by atoms with Crippen molar-refractivity contribution in [3.63, 3.8) is 0 Å². The van der Waals surface area contributed by atoms with Crippen molar-refractivity contribution in [2.45, 2.75) is 77.0 Å². The molecule has 0 aromatic heterocycles. The molecule has 1 aliphatic rings. The number of esters is 1. The third-order valence-electron chi connectivity index (χ3n) is 10.0. The first kappa shape index (κ1) is 34.6. The summed E-state index contributed by atoms with van der Waals surface area (Å²) in [4.78, 5) is 11.9. The second-order valence-corrected chi connectivity index (χ2v) is 13.6. The molecule has 0 amide bonds. The summed E-state index contributed by atoms with van der Waals surface area (Å²) in [6.07, 6.45) is 11.4. The van der Waals surface area contributed by atoms with E-state index >= 15 is 0 Å². The smallest absolute Gasteiger partial charge is 0.335 e. The molecule has 0 aliphatic heterocycles. The van der Waals surface area contributed by atoms with Gasteiger partial charge >= 0.3 is 5.97 Å². The van der Waals surface area contributed by atoms with E-state index in [9.17, 15) is 4.79 Å². The zero-order valence-electron chi connectivity index (χ0n) is 28.4. The van der Waals surface area contributed by atoms with Crippen LogP contribution in [-0.2, 0) is 33.5 Å². The SMILES string of the molecule is C=C(CO)C(=O)OCC(COC)CC1CCC(c2ccc3cc(CCc4ccc(-c5ccc(CCCC)cc5)cc4)ccc3c2)CC1. The predicted octanol–water partition coefficient (Wildman–Crippen LogP) is 9.65. The number of fused-ring (bicyclic) bond motifs is 1. The normalized spacial score (nSPS) is 17.0. The van der Waals surface area contributed by atoms with Gasteiger partial charge < -0.3 is 14.6 Å². The van der Waals surface area contributed by atoms with E-state index in [2.05, 4.69) is 98.4 Å². The molecule has 1 fully saturated rings. The Morgan fingerprint density at radius 3 is 2.02 bits per heavy atom. The Hall–Kier alpha value is -3.73. The number of aryl methyl sites for hydroxylation is 3. The molecule has 5 rings (SSSR count). The number of carbonyl (C=O) groups is 1. The van der Waals surface area contributed by atoms with Crippen LogP contribution in [0.25, 0.3) is 21.9 Å². The van der Waals surface area contributed by atoms with Gasteiger partial charge in [-0.25, -0.2) is 4.79 Å². The molecule has 1 aliphatic carbocycles. The van der Waals surface area contributed by atoms with E-state index in [-0.39, 0.29) is 18.1 Å². The lowest BCUT2D eigenvalue weighted by Gasteiger charge is -2.31. The summed E-state index contributed by atoms with van der Waals surface area (Å²) in [5, 5.41) is 11.8. The molecule has 0 heterocycles. The zero-order chi connectivity index (χ0) is 33.0. The maximum Gasteiger partial charge on any atom is 0.335 e. The van der Waals surface area contributed by atoms with Crippen LogP contribution in [-0.4, -0.2) is 38.0 Å². The van der Waals surface area contributed by atoms with Gasteiger partial charge in [-0.15, -0.1) is 0 Å². The Balaban J connectivity index is 1.10. The number of rotatable bonds is 16. The maximum absolute atomic E-state index is 11.9. The van der Waals surface area contributed by atoms with Crippen LogP contribution in [0.15, 0.2) is 97.1 Å². The van der Waals surface area contributed by atoms with Crippen LogP contribution in [0.2, 0.25) is 0 Å². The molecule has 248 valence electrons. The average molecular weight is 633 g/mol. The minimum atomic E-state index is -0.523. The number of benzene rings is 4. The van der Waals surface area contributed by atoms with E-state index in [0.717, 1.165) is 25.7 Å². The van der Waals surface area contributed by atoms with Crippen LogP contribution in [0.1, 0.15) is 80.0 Å². The highest BCUT2D eigenvalue weighted by Gasteiger charge is 2.26. The molecule has 1 N–H and O–H groups in total. The molecule has 1 unspecified atom stereocenters. The van der Waals surface area contributed by atoms with Gasteiger partial charge in [0.15, 0.2) is 0 Å². The molecule has 4 aromatic carbocycles. The number of aliphatic hydroxyl groups is 1. The van der Waals surface area contributed by atoms with Gasteiger partial charge in [0.25, 0.3) is 0 Å². The third-order valence-corrected chi connectivity index (χ3v) is 10.0. The summed E-state index contributed by atoms with van der Waals surface area (Å²) in [5.41, 5.74) is 8.30. The topological polar surface area (TPSA) is 55.8 Å². The molecule has 47 heavy (non-hydrogen) atoms. The van der Waals surface area contributed by atoms with Gasteiger partial charge in [0.1, 0.15) is 0 Å². The predicted molar refractivity (Wildman–Crippen MR) is 194 cm³/mol. The van der Waals surface area contributed by atoms with Crippen molar-refractivity contribution in [1.82, 2.24) is 0 Å². The van der Waals surface area contributed by atoms with Gasteiger partial charge in [0.05, 0.1) is 25.4 Å². The highest BCUT2D eigenvalue weighted by atomic mass is 16.5. The Morgan fingerprint density at radius 2 is 1.38 bits per heavy atom. The summed E-state index contributed by atoms with van der Waals surface area (Å²) in [6, 6.07) is 32.2. The van der Waals surface area contributed by atoms with Crippen LogP contribution in [0.4, 0.5) is 0 Å². The van der Waals surface area contributed by atoms with Gasteiger partial charge in [-0.2, -0.15) is 0 Å². The van der Waals surface area contributed by atoms with Gasteiger partial charge in [-0.3, -0.25) is 0 Å². The van der Waals surface area contributed by atoms with E-state index < -0.39 is 5.97 Å². The second kappa shape index (κ2) is 17.4.